The van der Waals surface area contributed by atoms with Crippen molar-refractivity contribution in [3.8, 4) is 0 Å². The molecule has 5 nitrogen and oxygen atoms in total. The molecule has 0 spiro atoms. The second kappa shape index (κ2) is 6.47. The minimum absolute atomic E-state index is 0.0836. The van der Waals surface area contributed by atoms with E-state index in [-0.39, 0.29) is 23.7 Å². The van der Waals surface area contributed by atoms with Gasteiger partial charge in [0.1, 0.15) is 5.00 Å². The van der Waals surface area contributed by atoms with Gasteiger partial charge in [0, 0.05) is 19.0 Å². The second-order valence-electron chi connectivity index (χ2n) is 5.42. The lowest BCUT2D eigenvalue weighted by Gasteiger charge is -2.15. The maximum Gasteiger partial charge on any atom is 0.256 e. The fourth-order valence-corrected chi connectivity index (χ4v) is 3.50. The lowest BCUT2D eigenvalue weighted by atomic mass is 10.1. The smallest absolute Gasteiger partial charge is 0.256 e. The summed E-state index contributed by atoms with van der Waals surface area (Å²) in [6.45, 7) is 4.18. The van der Waals surface area contributed by atoms with Crippen LogP contribution in [0.3, 0.4) is 0 Å². The zero-order chi connectivity index (χ0) is 15.6. The quantitative estimate of drug-likeness (QED) is 0.676. The zero-order valence-electron chi connectivity index (χ0n) is 12.8. The lowest BCUT2D eigenvalue weighted by Crippen LogP contribution is -2.23. The van der Waals surface area contributed by atoms with E-state index in [0.29, 0.717) is 21.1 Å². The van der Waals surface area contributed by atoms with Crippen molar-refractivity contribution in [3.63, 3.8) is 0 Å². The van der Waals surface area contributed by atoms with E-state index < -0.39 is 0 Å². The van der Waals surface area contributed by atoms with Gasteiger partial charge in [0.05, 0.1) is 16.1 Å². The summed E-state index contributed by atoms with van der Waals surface area (Å²) in [6, 6.07) is 0.273. The Kier molecular flexibility index (Phi) is 4.88. The van der Waals surface area contributed by atoms with Crippen molar-refractivity contribution < 1.29 is 9.59 Å². The highest BCUT2D eigenvalue weighted by Gasteiger charge is 2.35. The Balaban J connectivity index is 2.38. The molecular weight excluding hydrogens is 286 g/mol. The molecule has 1 aliphatic rings. The molecule has 0 atom stereocenters. The molecule has 1 aromatic heterocycles. The molecule has 0 bridgehead atoms. The molecule has 0 aliphatic heterocycles. The number of rotatable bonds is 7. The van der Waals surface area contributed by atoms with Crippen molar-refractivity contribution >= 4 is 33.7 Å². The molecule has 116 valence electrons. The molecule has 0 unspecified atom stereocenters. The molecule has 2 rings (SSSR count). The van der Waals surface area contributed by atoms with E-state index in [1.165, 1.54) is 11.3 Å². The molecule has 1 saturated carbocycles. The first-order valence-corrected chi connectivity index (χ1v) is 8.30. The van der Waals surface area contributed by atoms with E-state index in [4.69, 9.17) is 5.73 Å². The molecule has 1 aromatic rings. The van der Waals surface area contributed by atoms with Crippen molar-refractivity contribution in [2.45, 2.75) is 45.6 Å². The van der Waals surface area contributed by atoms with E-state index in [9.17, 15) is 9.59 Å². The molecule has 0 saturated heterocycles. The molecule has 1 heterocycles. The van der Waals surface area contributed by atoms with E-state index in [1.807, 2.05) is 0 Å². The summed E-state index contributed by atoms with van der Waals surface area (Å²) in [7, 11) is 1.57. The van der Waals surface area contributed by atoms with E-state index in [1.54, 1.807) is 7.05 Å². The van der Waals surface area contributed by atoms with E-state index in [0.717, 1.165) is 25.7 Å². The van der Waals surface area contributed by atoms with Crippen molar-refractivity contribution in [1.29, 1.82) is 0 Å². The number of amides is 1. The highest BCUT2D eigenvalue weighted by Crippen LogP contribution is 2.42. The predicted octanol–water partition coefficient (Wildman–Crippen LogP) is 2.88. The van der Waals surface area contributed by atoms with E-state index >= 15 is 0 Å². The number of nitrogens with two attached hydrogens (primary N) is 1. The van der Waals surface area contributed by atoms with Gasteiger partial charge in [0.2, 0.25) is 0 Å². The van der Waals surface area contributed by atoms with Crippen molar-refractivity contribution in [1.82, 2.24) is 5.32 Å². The fourth-order valence-electron chi connectivity index (χ4n) is 2.29. The van der Waals surface area contributed by atoms with Gasteiger partial charge in [0.15, 0.2) is 5.78 Å². The van der Waals surface area contributed by atoms with Crippen LogP contribution in [0.2, 0.25) is 0 Å². The lowest BCUT2D eigenvalue weighted by molar-refractivity contribution is 0.0964. The van der Waals surface area contributed by atoms with Crippen LogP contribution in [-0.4, -0.2) is 24.8 Å². The topological polar surface area (TPSA) is 84.2 Å². The Bertz CT molecular complexity index is 545. The highest BCUT2D eigenvalue weighted by atomic mass is 32.1. The number of hydrogen-bond donors (Lipinski definition) is 3. The number of anilines is 2. The SMILES string of the molecule is CCC(CC)Nc1sc(C(=O)C2CC2)c(N)c1C(=O)NC. The third-order valence-electron chi connectivity index (χ3n) is 3.89. The predicted molar refractivity (Wildman–Crippen MR) is 87.2 cm³/mol. The van der Waals surface area contributed by atoms with Gasteiger partial charge in [-0.1, -0.05) is 13.8 Å². The Morgan fingerprint density at radius 2 is 1.95 bits per heavy atom. The highest BCUT2D eigenvalue weighted by molar-refractivity contribution is 7.19. The van der Waals surface area contributed by atoms with Crippen LogP contribution in [-0.2, 0) is 0 Å². The summed E-state index contributed by atoms with van der Waals surface area (Å²) in [6.07, 6.45) is 3.77. The van der Waals surface area contributed by atoms with Crippen LogP contribution in [0, 0.1) is 5.92 Å². The Hall–Kier alpha value is -1.56. The van der Waals surface area contributed by atoms with Gasteiger partial charge in [-0.2, -0.15) is 0 Å². The van der Waals surface area contributed by atoms with Crippen LogP contribution in [0.5, 0.6) is 0 Å². The molecule has 4 N–H and O–H groups in total. The summed E-state index contributed by atoms with van der Waals surface area (Å²) >= 11 is 1.32. The van der Waals surface area contributed by atoms with E-state index in [2.05, 4.69) is 24.5 Å². The van der Waals surface area contributed by atoms with Crippen molar-refractivity contribution in [2.75, 3.05) is 18.1 Å². The molecule has 1 amide bonds. The summed E-state index contributed by atoms with van der Waals surface area (Å²) in [5, 5.41) is 6.68. The first-order valence-electron chi connectivity index (χ1n) is 7.48. The van der Waals surface area contributed by atoms with Gasteiger partial charge in [-0.25, -0.2) is 0 Å². The third-order valence-corrected chi connectivity index (χ3v) is 5.04. The number of nitrogen functional groups attached to an aromatic ring is 1. The number of carbonyl (C=O) groups is 2. The summed E-state index contributed by atoms with van der Waals surface area (Å²) in [5.74, 6) is -0.0585. The van der Waals surface area contributed by atoms with Gasteiger partial charge in [-0.3, -0.25) is 9.59 Å². The van der Waals surface area contributed by atoms with Crippen LogP contribution in [0.1, 0.15) is 59.6 Å². The van der Waals surface area contributed by atoms with Crippen LogP contribution >= 0.6 is 11.3 Å². The number of nitrogens with one attached hydrogen (secondary N) is 2. The monoisotopic (exact) mass is 309 g/mol. The number of Topliss-reactive ketones (excluding diaryl/α,β-unsaturated/α-hetero) is 1. The van der Waals surface area contributed by atoms with Crippen LogP contribution in [0.15, 0.2) is 0 Å². The van der Waals surface area contributed by atoms with Crippen molar-refractivity contribution in [3.05, 3.63) is 10.4 Å². The third kappa shape index (κ3) is 3.20. The first kappa shape index (κ1) is 15.8. The summed E-state index contributed by atoms with van der Waals surface area (Å²) < 4.78 is 0. The molecule has 1 fully saturated rings. The molecule has 0 aromatic carbocycles. The van der Waals surface area contributed by atoms with Gasteiger partial charge < -0.3 is 16.4 Å². The maximum absolute atomic E-state index is 12.3. The van der Waals surface area contributed by atoms with Crippen LogP contribution < -0.4 is 16.4 Å². The Morgan fingerprint density at radius 3 is 2.43 bits per heavy atom. The minimum atomic E-state index is -0.243. The molecular formula is C15H23N3O2S. The van der Waals surface area contributed by atoms with Gasteiger partial charge in [-0.15, -0.1) is 11.3 Å². The molecule has 6 heteroatoms. The van der Waals surface area contributed by atoms with Gasteiger partial charge in [0.25, 0.3) is 5.91 Å². The number of ketones is 1. The summed E-state index contributed by atoms with van der Waals surface area (Å²) in [5.41, 5.74) is 6.83. The Morgan fingerprint density at radius 1 is 1.33 bits per heavy atom. The van der Waals surface area contributed by atoms with Gasteiger partial charge >= 0.3 is 0 Å². The Labute approximate surface area is 129 Å². The fraction of sp³-hybridized carbons (Fsp3) is 0.600. The number of thiophene rings is 1. The second-order valence-corrected chi connectivity index (χ2v) is 6.45. The standard InChI is InChI=1S/C15H23N3O2S/c1-4-9(5-2)18-15-10(14(20)17-3)11(16)13(21-15)12(19)8-6-7-8/h8-9,18H,4-7,16H2,1-3H3,(H,17,20). The van der Waals surface area contributed by atoms with Gasteiger partial charge in [-0.05, 0) is 25.7 Å². The van der Waals surface area contributed by atoms with Crippen molar-refractivity contribution in [2.24, 2.45) is 5.92 Å². The minimum Gasteiger partial charge on any atom is -0.397 e. The maximum atomic E-state index is 12.3. The van der Waals surface area contributed by atoms with Crippen LogP contribution in [0.4, 0.5) is 10.7 Å². The average molecular weight is 309 g/mol. The first-order chi connectivity index (χ1) is 10.0. The van der Waals surface area contributed by atoms with Crippen LogP contribution in [0.25, 0.3) is 0 Å². The summed E-state index contributed by atoms with van der Waals surface area (Å²) in [4.78, 5) is 24.9. The number of carbonyl (C=O) groups excluding carboxylic acids is 2. The largest absolute Gasteiger partial charge is 0.397 e. The molecule has 21 heavy (non-hydrogen) atoms. The number of hydrogen-bond acceptors (Lipinski definition) is 5. The normalized spacial score (nSPS) is 14.3. The molecule has 1 aliphatic carbocycles. The zero-order valence-corrected chi connectivity index (χ0v) is 13.6. The molecule has 0 radical (unpaired) electrons. The average Bonchev–Trinajstić information content (AvgIpc) is 3.28.